The first kappa shape index (κ1) is 12.5. The predicted octanol–water partition coefficient (Wildman–Crippen LogP) is 1.71. The molecular weight excluding hydrogens is 246 g/mol. The van der Waals surface area contributed by atoms with Crippen LogP contribution < -0.4 is 5.32 Å². The number of nitrogens with zero attached hydrogens (tertiary/aromatic N) is 1. The second-order valence-electron chi connectivity index (χ2n) is 3.83. The number of amides is 1. The van der Waals surface area contributed by atoms with Crippen LogP contribution in [0, 0.1) is 19.3 Å². The van der Waals surface area contributed by atoms with Crippen LogP contribution in [0.1, 0.15) is 5.56 Å². The number of hydrogen-bond acceptors (Lipinski definition) is 3. The standard InChI is InChI=1S/C13H13N3OS/c1-3-6-14-12(17)8-18-13-15-10-5-4-9(2)7-11(10)16-13/h1,4-5,7H,6,8H2,2H3,(H,14,17)(H,15,16). The summed E-state index contributed by atoms with van der Waals surface area (Å²) in [4.78, 5) is 18.9. The van der Waals surface area contributed by atoms with Gasteiger partial charge in [-0.15, -0.1) is 6.42 Å². The molecule has 0 spiro atoms. The second kappa shape index (κ2) is 5.61. The van der Waals surface area contributed by atoms with Crippen molar-refractivity contribution < 1.29 is 4.79 Å². The number of H-pyrrole nitrogens is 1. The molecule has 18 heavy (non-hydrogen) atoms. The number of benzene rings is 1. The van der Waals surface area contributed by atoms with Gasteiger partial charge in [0.25, 0.3) is 0 Å². The maximum atomic E-state index is 11.4. The lowest BCUT2D eigenvalue weighted by molar-refractivity contribution is -0.118. The minimum atomic E-state index is -0.0883. The fourth-order valence-electron chi connectivity index (χ4n) is 1.50. The molecule has 1 heterocycles. The fourth-order valence-corrected chi connectivity index (χ4v) is 2.22. The lowest BCUT2D eigenvalue weighted by Crippen LogP contribution is -2.25. The van der Waals surface area contributed by atoms with E-state index < -0.39 is 0 Å². The Kier molecular flexibility index (Phi) is 3.90. The Labute approximate surface area is 110 Å². The van der Waals surface area contributed by atoms with Gasteiger partial charge in [0.15, 0.2) is 5.16 Å². The van der Waals surface area contributed by atoms with Crippen molar-refractivity contribution in [1.82, 2.24) is 15.3 Å². The predicted molar refractivity (Wildman–Crippen MR) is 73.4 cm³/mol. The molecule has 0 radical (unpaired) electrons. The monoisotopic (exact) mass is 259 g/mol. The average molecular weight is 259 g/mol. The summed E-state index contributed by atoms with van der Waals surface area (Å²) < 4.78 is 0. The third-order valence-corrected chi connectivity index (χ3v) is 3.22. The number of aromatic nitrogens is 2. The molecule has 1 aromatic heterocycles. The molecule has 1 amide bonds. The molecular formula is C13H13N3OS. The molecule has 4 nitrogen and oxygen atoms in total. The van der Waals surface area contributed by atoms with Crippen molar-refractivity contribution in [2.24, 2.45) is 0 Å². The summed E-state index contributed by atoms with van der Waals surface area (Å²) in [5.41, 5.74) is 3.07. The number of fused-ring (bicyclic) bond motifs is 1. The highest BCUT2D eigenvalue weighted by Crippen LogP contribution is 2.19. The first-order chi connectivity index (χ1) is 8.69. The number of rotatable bonds is 4. The number of imidazole rings is 1. The molecule has 0 bridgehead atoms. The Morgan fingerprint density at radius 1 is 1.61 bits per heavy atom. The number of aromatic amines is 1. The molecule has 92 valence electrons. The normalized spacial score (nSPS) is 10.2. The molecule has 2 aromatic rings. The summed E-state index contributed by atoms with van der Waals surface area (Å²) >= 11 is 1.36. The van der Waals surface area contributed by atoms with Gasteiger partial charge in [0.05, 0.1) is 23.3 Å². The molecule has 0 saturated carbocycles. The van der Waals surface area contributed by atoms with E-state index in [1.807, 2.05) is 25.1 Å². The van der Waals surface area contributed by atoms with Crippen LogP contribution >= 0.6 is 11.8 Å². The van der Waals surface area contributed by atoms with Crippen molar-refractivity contribution in [3.63, 3.8) is 0 Å². The minimum absolute atomic E-state index is 0.0883. The van der Waals surface area contributed by atoms with Crippen LogP contribution in [0.25, 0.3) is 11.0 Å². The average Bonchev–Trinajstić information content (AvgIpc) is 2.75. The Morgan fingerprint density at radius 3 is 3.22 bits per heavy atom. The third kappa shape index (κ3) is 3.05. The molecule has 0 fully saturated rings. The topological polar surface area (TPSA) is 57.8 Å². The van der Waals surface area contributed by atoms with E-state index in [1.165, 1.54) is 17.3 Å². The Bertz CT molecular complexity index is 612. The molecule has 0 aliphatic carbocycles. The van der Waals surface area contributed by atoms with Crippen LogP contribution in [0.15, 0.2) is 23.4 Å². The van der Waals surface area contributed by atoms with Crippen LogP contribution in [0.4, 0.5) is 0 Å². The third-order valence-electron chi connectivity index (χ3n) is 2.34. The van der Waals surface area contributed by atoms with Gasteiger partial charge in [0.1, 0.15) is 0 Å². The Morgan fingerprint density at radius 2 is 2.44 bits per heavy atom. The van der Waals surface area contributed by atoms with Gasteiger partial charge in [-0.25, -0.2) is 4.98 Å². The summed E-state index contributed by atoms with van der Waals surface area (Å²) in [6, 6.07) is 6.01. The van der Waals surface area contributed by atoms with Crippen LogP contribution in [0.2, 0.25) is 0 Å². The van der Waals surface area contributed by atoms with Crippen LogP contribution in [-0.4, -0.2) is 28.2 Å². The highest BCUT2D eigenvalue weighted by molar-refractivity contribution is 7.99. The zero-order valence-electron chi connectivity index (χ0n) is 9.99. The van der Waals surface area contributed by atoms with Crippen LogP contribution in [0.5, 0.6) is 0 Å². The first-order valence-electron chi connectivity index (χ1n) is 5.48. The summed E-state index contributed by atoms with van der Waals surface area (Å²) in [6.07, 6.45) is 5.06. The van der Waals surface area contributed by atoms with E-state index in [-0.39, 0.29) is 12.5 Å². The number of nitrogens with one attached hydrogen (secondary N) is 2. The highest BCUT2D eigenvalue weighted by atomic mass is 32.2. The lowest BCUT2D eigenvalue weighted by Gasteiger charge is -1.98. The number of hydrogen-bond donors (Lipinski definition) is 2. The number of terminal acetylenes is 1. The molecule has 0 aliphatic rings. The summed E-state index contributed by atoms with van der Waals surface area (Å²) in [6.45, 7) is 2.29. The second-order valence-corrected chi connectivity index (χ2v) is 4.80. The van der Waals surface area contributed by atoms with Gasteiger partial charge < -0.3 is 10.3 Å². The van der Waals surface area contributed by atoms with E-state index in [4.69, 9.17) is 6.42 Å². The van der Waals surface area contributed by atoms with E-state index in [0.717, 1.165) is 16.2 Å². The van der Waals surface area contributed by atoms with Crippen molar-refractivity contribution >= 4 is 28.7 Å². The zero-order chi connectivity index (χ0) is 13.0. The molecule has 0 aliphatic heterocycles. The van der Waals surface area contributed by atoms with Gasteiger partial charge in [-0.3, -0.25) is 4.79 Å². The lowest BCUT2D eigenvalue weighted by atomic mass is 10.2. The van der Waals surface area contributed by atoms with Crippen molar-refractivity contribution in [2.75, 3.05) is 12.3 Å². The molecule has 2 rings (SSSR count). The van der Waals surface area contributed by atoms with Gasteiger partial charge in [0.2, 0.25) is 5.91 Å². The van der Waals surface area contributed by atoms with Crippen LogP contribution in [-0.2, 0) is 4.79 Å². The zero-order valence-corrected chi connectivity index (χ0v) is 10.8. The van der Waals surface area contributed by atoms with E-state index in [1.54, 1.807) is 0 Å². The van der Waals surface area contributed by atoms with Crippen molar-refractivity contribution in [3.8, 4) is 12.3 Å². The van der Waals surface area contributed by atoms with Gasteiger partial charge in [0, 0.05) is 0 Å². The van der Waals surface area contributed by atoms with E-state index in [2.05, 4.69) is 21.2 Å². The molecule has 0 unspecified atom stereocenters. The van der Waals surface area contributed by atoms with Crippen molar-refractivity contribution in [3.05, 3.63) is 23.8 Å². The number of aryl methyl sites for hydroxylation is 1. The summed E-state index contributed by atoms with van der Waals surface area (Å²) in [5, 5.41) is 3.35. The molecule has 2 N–H and O–H groups in total. The Balaban J connectivity index is 2.00. The smallest absolute Gasteiger partial charge is 0.231 e. The van der Waals surface area contributed by atoms with E-state index in [0.29, 0.717) is 5.75 Å². The van der Waals surface area contributed by atoms with Crippen LogP contribution in [0.3, 0.4) is 0 Å². The number of carbonyl (C=O) groups is 1. The fraction of sp³-hybridized carbons (Fsp3) is 0.231. The molecule has 5 heteroatoms. The maximum Gasteiger partial charge on any atom is 0.231 e. The van der Waals surface area contributed by atoms with E-state index >= 15 is 0 Å². The van der Waals surface area contributed by atoms with Gasteiger partial charge in [-0.2, -0.15) is 0 Å². The summed E-state index contributed by atoms with van der Waals surface area (Å²) in [5.74, 6) is 2.58. The van der Waals surface area contributed by atoms with Gasteiger partial charge >= 0.3 is 0 Å². The highest BCUT2D eigenvalue weighted by Gasteiger charge is 2.06. The minimum Gasteiger partial charge on any atom is -0.344 e. The summed E-state index contributed by atoms with van der Waals surface area (Å²) in [7, 11) is 0. The van der Waals surface area contributed by atoms with Crippen molar-refractivity contribution in [2.45, 2.75) is 12.1 Å². The van der Waals surface area contributed by atoms with Crippen molar-refractivity contribution in [1.29, 1.82) is 0 Å². The number of carbonyl (C=O) groups excluding carboxylic acids is 1. The quantitative estimate of drug-likeness (QED) is 0.649. The Hall–Kier alpha value is -1.93. The number of thioether (sulfide) groups is 1. The largest absolute Gasteiger partial charge is 0.344 e. The molecule has 0 atom stereocenters. The van der Waals surface area contributed by atoms with Gasteiger partial charge in [-0.05, 0) is 24.6 Å². The van der Waals surface area contributed by atoms with Gasteiger partial charge in [-0.1, -0.05) is 23.7 Å². The van der Waals surface area contributed by atoms with E-state index in [9.17, 15) is 4.79 Å². The first-order valence-corrected chi connectivity index (χ1v) is 6.47. The SMILES string of the molecule is C#CCNC(=O)CSc1nc2ccc(C)cc2[nH]1. The molecule has 1 aromatic carbocycles. The maximum absolute atomic E-state index is 11.4. The molecule has 0 saturated heterocycles.